The Kier molecular flexibility index (Phi) is 7.48. The van der Waals surface area contributed by atoms with Crippen LogP contribution in [0.25, 0.3) is 0 Å². The van der Waals surface area contributed by atoms with Crippen molar-refractivity contribution in [2.45, 2.75) is 24.7 Å². The Morgan fingerprint density at radius 2 is 1.97 bits per heavy atom. The molecule has 0 aliphatic rings. The molecule has 1 unspecified atom stereocenters. The fraction of sp³-hybridized carbons (Fsp3) is 0.190. The summed E-state index contributed by atoms with van der Waals surface area (Å²) in [6.45, 7) is 6.26. The van der Waals surface area contributed by atoms with Crippen LogP contribution in [0.3, 0.4) is 0 Å². The summed E-state index contributed by atoms with van der Waals surface area (Å²) in [5.74, 6) is 1.56. The molecule has 29 heavy (non-hydrogen) atoms. The number of ether oxygens (including phenoxy) is 1. The first-order valence-electron chi connectivity index (χ1n) is 9.00. The third-order valence-electron chi connectivity index (χ3n) is 3.94. The van der Waals surface area contributed by atoms with Crippen molar-refractivity contribution in [3.63, 3.8) is 0 Å². The Bertz CT molecular complexity index is 961. The molecule has 1 heterocycles. The van der Waals surface area contributed by atoms with Crippen molar-refractivity contribution in [1.29, 1.82) is 0 Å². The molecule has 0 spiro atoms. The lowest BCUT2D eigenvalue weighted by molar-refractivity contribution is -0.113. The van der Waals surface area contributed by atoms with E-state index in [1.165, 1.54) is 11.8 Å². The Morgan fingerprint density at radius 3 is 2.66 bits per heavy atom. The molecule has 0 radical (unpaired) electrons. The molecule has 1 atom stereocenters. The monoisotopic (exact) mass is 472 g/mol. The Balaban J connectivity index is 1.65. The molecule has 0 bridgehead atoms. The minimum Gasteiger partial charge on any atom is -0.483 e. The van der Waals surface area contributed by atoms with Crippen molar-refractivity contribution < 1.29 is 9.53 Å². The minimum atomic E-state index is -0.296. The van der Waals surface area contributed by atoms with Crippen LogP contribution < -0.4 is 10.1 Å². The van der Waals surface area contributed by atoms with E-state index < -0.39 is 0 Å². The summed E-state index contributed by atoms with van der Waals surface area (Å²) in [7, 11) is 0. The van der Waals surface area contributed by atoms with Crippen molar-refractivity contribution in [3.8, 4) is 5.75 Å². The van der Waals surface area contributed by atoms with Crippen LogP contribution in [-0.2, 0) is 11.3 Å². The van der Waals surface area contributed by atoms with Gasteiger partial charge in [0, 0.05) is 16.7 Å². The SMILES string of the molecule is C=CCn1c(SCC(=O)Nc2ccc(Br)cc2)nnc1C(C)Oc1ccccc1. The van der Waals surface area contributed by atoms with Crippen molar-refractivity contribution >= 4 is 39.3 Å². The number of anilines is 1. The second-order valence-corrected chi connectivity index (χ2v) is 8.02. The van der Waals surface area contributed by atoms with Gasteiger partial charge in [0.15, 0.2) is 17.1 Å². The van der Waals surface area contributed by atoms with Gasteiger partial charge in [-0.2, -0.15) is 0 Å². The zero-order valence-corrected chi connectivity index (χ0v) is 18.3. The second kappa shape index (κ2) is 10.3. The highest BCUT2D eigenvalue weighted by Crippen LogP contribution is 2.25. The van der Waals surface area contributed by atoms with Gasteiger partial charge in [-0.05, 0) is 43.3 Å². The number of rotatable bonds is 9. The summed E-state index contributed by atoms with van der Waals surface area (Å²) < 4.78 is 8.84. The number of amides is 1. The number of halogens is 1. The third-order valence-corrected chi connectivity index (χ3v) is 5.43. The number of aromatic nitrogens is 3. The van der Waals surface area contributed by atoms with Crippen LogP contribution in [0.5, 0.6) is 5.75 Å². The van der Waals surface area contributed by atoms with Gasteiger partial charge in [-0.15, -0.1) is 16.8 Å². The van der Waals surface area contributed by atoms with Crippen molar-refractivity contribution in [1.82, 2.24) is 14.8 Å². The Morgan fingerprint density at radius 1 is 1.24 bits per heavy atom. The van der Waals surface area contributed by atoms with Gasteiger partial charge in [0.1, 0.15) is 5.75 Å². The number of carbonyl (C=O) groups is 1. The van der Waals surface area contributed by atoms with E-state index in [1.807, 2.05) is 66.1 Å². The van der Waals surface area contributed by atoms with Gasteiger partial charge < -0.3 is 10.1 Å². The quantitative estimate of drug-likeness (QED) is 0.346. The fourth-order valence-corrected chi connectivity index (χ4v) is 3.64. The molecular formula is C21H21BrN4O2S. The minimum absolute atomic E-state index is 0.111. The van der Waals surface area contributed by atoms with Gasteiger partial charge in [0.2, 0.25) is 5.91 Å². The maximum Gasteiger partial charge on any atom is 0.234 e. The van der Waals surface area contributed by atoms with E-state index in [0.717, 1.165) is 15.9 Å². The maximum atomic E-state index is 12.3. The summed E-state index contributed by atoms with van der Waals surface area (Å²) in [4.78, 5) is 12.3. The molecule has 0 fully saturated rings. The fourth-order valence-electron chi connectivity index (χ4n) is 2.62. The topological polar surface area (TPSA) is 69.0 Å². The van der Waals surface area contributed by atoms with Gasteiger partial charge in [-0.3, -0.25) is 9.36 Å². The van der Waals surface area contributed by atoms with E-state index in [4.69, 9.17) is 4.74 Å². The first kappa shape index (κ1) is 21.1. The van der Waals surface area contributed by atoms with E-state index in [0.29, 0.717) is 17.5 Å². The summed E-state index contributed by atoms with van der Waals surface area (Å²) >= 11 is 4.70. The zero-order valence-electron chi connectivity index (χ0n) is 15.9. The predicted molar refractivity (Wildman–Crippen MR) is 119 cm³/mol. The Labute approximate surface area is 182 Å². The average Bonchev–Trinajstić information content (AvgIpc) is 3.12. The number of nitrogens with zero attached hydrogens (tertiary/aromatic N) is 3. The normalized spacial score (nSPS) is 11.7. The predicted octanol–water partition coefficient (Wildman–Crippen LogP) is 5.10. The van der Waals surface area contributed by atoms with Crippen LogP contribution >= 0.6 is 27.7 Å². The van der Waals surface area contributed by atoms with Crippen LogP contribution in [0.15, 0.2) is 76.9 Å². The van der Waals surface area contributed by atoms with Gasteiger partial charge in [0.05, 0.1) is 5.75 Å². The number of benzene rings is 2. The second-order valence-electron chi connectivity index (χ2n) is 6.16. The average molecular weight is 473 g/mol. The molecule has 0 saturated heterocycles. The Hall–Kier alpha value is -2.58. The maximum absolute atomic E-state index is 12.3. The van der Waals surface area contributed by atoms with E-state index in [1.54, 1.807) is 6.08 Å². The molecule has 6 nitrogen and oxygen atoms in total. The van der Waals surface area contributed by atoms with Crippen LogP contribution in [0.2, 0.25) is 0 Å². The molecule has 0 saturated carbocycles. The van der Waals surface area contributed by atoms with Crippen LogP contribution in [0.1, 0.15) is 18.9 Å². The molecule has 0 aliphatic heterocycles. The molecule has 1 N–H and O–H groups in total. The molecule has 3 rings (SSSR count). The first-order chi connectivity index (χ1) is 14.1. The van der Waals surface area contributed by atoms with Gasteiger partial charge in [0.25, 0.3) is 0 Å². The number of hydrogen-bond donors (Lipinski definition) is 1. The molecule has 1 aromatic heterocycles. The highest BCUT2D eigenvalue weighted by molar-refractivity contribution is 9.10. The van der Waals surface area contributed by atoms with Gasteiger partial charge >= 0.3 is 0 Å². The molecule has 1 amide bonds. The lowest BCUT2D eigenvalue weighted by Gasteiger charge is -2.15. The van der Waals surface area contributed by atoms with E-state index >= 15 is 0 Å². The zero-order chi connectivity index (χ0) is 20.6. The van der Waals surface area contributed by atoms with Gasteiger partial charge in [-0.1, -0.05) is 52.0 Å². The lowest BCUT2D eigenvalue weighted by Crippen LogP contribution is -2.15. The van der Waals surface area contributed by atoms with E-state index in [2.05, 4.69) is 38.0 Å². The standard InChI is InChI=1S/C21H21BrN4O2S/c1-3-13-26-20(15(2)28-18-7-5-4-6-8-18)24-25-21(26)29-14-19(27)23-17-11-9-16(22)10-12-17/h3-12,15H,1,13-14H2,2H3,(H,23,27). The number of hydrogen-bond acceptors (Lipinski definition) is 5. The van der Waals surface area contributed by atoms with Crippen LogP contribution in [0.4, 0.5) is 5.69 Å². The molecule has 0 aliphatic carbocycles. The molecule has 3 aromatic rings. The smallest absolute Gasteiger partial charge is 0.234 e. The number of allylic oxidation sites excluding steroid dienone is 1. The third kappa shape index (κ3) is 5.95. The van der Waals surface area contributed by atoms with E-state index in [9.17, 15) is 4.79 Å². The van der Waals surface area contributed by atoms with Crippen LogP contribution in [-0.4, -0.2) is 26.4 Å². The molecule has 150 valence electrons. The molecular weight excluding hydrogens is 452 g/mol. The van der Waals surface area contributed by atoms with Crippen molar-refractivity contribution in [3.05, 3.63) is 77.5 Å². The highest BCUT2D eigenvalue weighted by atomic mass is 79.9. The summed E-state index contributed by atoms with van der Waals surface area (Å²) in [5.41, 5.74) is 0.747. The lowest BCUT2D eigenvalue weighted by atomic mass is 10.3. The summed E-state index contributed by atoms with van der Waals surface area (Å²) in [5, 5.41) is 12.1. The summed E-state index contributed by atoms with van der Waals surface area (Å²) in [6.07, 6.45) is 1.48. The first-order valence-corrected chi connectivity index (χ1v) is 10.8. The molecule has 2 aromatic carbocycles. The number of para-hydroxylation sites is 1. The summed E-state index contributed by atoms with van der Waals surface area (Å²) in [6, 6.07) is 17.0. The van der Waals surface area contributed by atoms with E-state index in [-0.39, 0.29) is 17.8 Å². The van der Waals surface area contributed by atoms with Crippen molar-refractivity contribution in [2.24, 2.45) is 0 Å². The highest BCUT2D eigenvalue weighted by Gasteiger charge is 2.19. The number of nitrogens with one attached hydrogen (secondary N) is 1. The van der Waals surface area contributed by atoms with Crippen LogP contribution in [0, 0.1) is 0 Å². The largest absolute Gasteiger partial charge is 0.483 e. The number of carbonyl (C=O) groups excluding carboxylic acids is 1. The van der Waals surface area contributed by atoms with Crippen molar-refractivity contribution in [2.75, 3.05) is 11.1 Å². The van der Waals surface area contributed by atoms with Gasteiger partial charge in [-0.25, -0.2) is 0 Å². The number of thioether (sulfide) groups is 1. The molecule has 8 heteroatoms.